The summed E-state index contributed by atoms with van der Waals surface area (Å²) in [6, 6.07) is -1.11. The largest absolute Gasteiger partial charge is 1.00 e. The van der Waals surface area contributed by atoms with Crippen molar-refractivity contribution in [1.29, 1.82) is 0 Å². The van der Waals surface area contributed by atoms with Crippen LogP contribution in [0.4, 0.5) is 4.79 Å². The van der Waals surface area contributed by atoms with Gasteiger partial charge in [-0.05, 0) is 12.8 Å². The van der Waals surface area contributed by atoms with E-state index in [0.717, 1.165) is 16.7 Å². The smallest absolute Gasteiger partial charge is 0.543 e. The van der Waals surface area contributed by atoms with E-state index in [4.69, 9.17) is 21.3 Å². The third-order valence-corrected chi connectivity index (χ3v) is 5.95. The number of nitrogens with two attached hydrogens (primary N) is 2. The van der Waals surface area contributed by atoms with E-state index in [2.05, 4.69) is 10.1 Å². The second kappa shape index (κ2) is 11.2. The number of thioether (sulfide) groups is 1. The summed E-state index contributed by atoms with van der Waals surface area (Å²) in [5.74, 6) is -4.22. The van der Waals surface area contributed by atoms with E-state index in [9.17, 15) is 29.1 Å². The zero-order chi connectivity index (χ0) is 22.6. The van der Waals surface area contributed by atoms with Crippen molar-refractivity contribution in [3.05, 3.63) is 11.3 Å². The van der Waals surface area contributed by atoms with Crippen molar-refractivity contribution in [2.24, 2.45) is 11.5 Å². The van der Waals surface area contributed by atoms with E-state index in [0.29, 0.717) is 0 Å². The third-order valence-electron chi connectivity index (χ3n) is 4.58. The Morgan fingerprint density at radius 2 is 2.06 bits per heavy atom. The van der Waals surface area contributed by atoms with Gasteiger partial charge in [-0.15, -0.1) is 11.8 Å². The first kappa shape index (κ1) is 27.2. The molecule has 1 unspecified atom stereocenters. The topological polar surface area (TPSA) is 214 Å². The summed E-state index contributed by atoms with van der Waals surface area (Å²) in [6.07, 6.45) is -1.00. The van der Waals surface area contributed by atoms with Gasteiger partial charge in [0.1, 0.15) is 18.0 Å². The number of carboxylic acids is 2. The van der Waals surface area contributed by atoms with E-state index in [1.54, 1.807) is 0 Å². The predicted molar refractivity (Wildman–Crippen MR) is 98.0 cm³/mol. The van der Waals surface area contributed by atoms with Crippen molar-refractivity contribution in [1.82, 2.24) is 10.2 Å². The molecule has 1 fully saturated rings. The number of nitrogens with one attached hydrogen (secondary N) is 1. The van der Waals surface area contributed by atoms with Gasteiger partial charge in [-0.1, -0.05) is 0 Å². The SMILES string of the molecule is CO[C@@]1(NC(=O)CCCC(N)C(=O)O)C(=O)N2C(C(=O)[O-])=C(COC(N)=O)CS[C@H]21.[Na+]. The van der Waals surface area contributed by atoms with Gasteiger partial charge in [-0.2, -0.15) is 0 Å². The van der Waals surface area contributed by atoms with Crippen molar-refractivity contribution < 1.29 is 73.2 Å². The zero-order valence-corrected chi connectivity index (χ0v) is 19.7. The Balaban J connectivity index is 0.00000480. The van der Waals surface area contributed by atoms with Crippen LogP contribution < -0.4 is 51.4 Å². The molecule has 0 radical (unpaired) electrons. The van der Waals surface area contributed by atoms with Gasteiger partial charge in [0, 0.05) is 24.9 Å². The van der Waals surface area contributed by atoms with Crippen LogP contribution in [0.1, 0.15) is 19.3 Å². The van der Waals surface area contributed by atoms with Gasteiger partial charge in [0.15, 0.2) is 0 Å². The molecule has 0 bridgehead atoms. The van der Waals surface area contributed by atoms with E-state index < -0.39 is 59.3 Å². The Labute approximate surface area is 203 Å². The number of carboxylic acid groups (broad SMARTS) is 2. The first-order valence-corrected chi connectivity index (χ1v) is 9.75. The Kier molecular flexibility index (Phi) is 9.78. The third kappa shape index (κ3) is 5.70. The summed E-state index contributed by atoms with van der Waals surface area (Å²) in [7, 11) is 1.19. The minimum atomic E-state index is -1.80. The van der Waals surface area contributed by atoms with Crippen LogP contribution >= 0.6 is 11.8 Å². The van der Waals surface area contributed by atoms with Crippen molar-refractivity contribution >= 4 is 41.6 Å². The van der Waals surface area contributed by atoms with Gasteiger partial charge in [0.05, 0.1) is 11.7 Å². The van der Waals surface area contributed by atoms with E-state index in [1.807, 2.05) is 0 Å². The number of amides is 3. The molecule has 2 rings (SSSR count). The Morgan fingerprint density at radius 1 is 1.42 bits per heavy atom. The first-order chi connectivity index (χ1) is 14.0. The van der Waals surface area contributed by atoms with Crippen LogP contribution in [0.25, 0.3) is 0 Å². The van der Waals surface area contributed by atoms with E-state index >= 15 is 0 Å². The number of carbonyl (C=O) groups excluding carboxylic acids is 4. The molecule has 166 valence electrons. The van der Waals surface area contributed by atoms with Crippen LogP contribution in [-0.4, -0.2) is 76.5 Å². The monoisotopic (exact) mass is 468 g/mol. The molecule has 2 aliphatic rings. The first-order valence-electron chi connectivity index (χ1n) is 8.70. The second-order valence-electron chi connectivity index (χ2n) is 6.51. The number of hydrogen-bond donors (Lipinski definition) is 4. The van der Waals surface area contributed by atoms with Crippen molar-refractivity contribution in [3.63, 3.8) is 0 Å². The van der Waals surface area contributed by atoms with Crippen molar-refractivity contribution in [2.45, 2.75) is 36.4 Å². The minimum absolute atomic E-state index is 0. The molecular weight excluding hydrogens is 447 g/mol. The Morgan fingerprint density at radius 3 is 2.58 bits per heavy atom. The van der Waals surface area contributed by atoms with Gasteiger partial charge in [0.25, 0.3) is 11.6 Å². The average molecular weight is 468 g/mol. The number of carbonyl (C=O) groups is 5. The minimum Gasteiger partial charge on any atom is -0.543 e. The van der Waals surface area contributed by atoms with Crippen LogP contribution in [0.5, 0.6) is 0 Å². The van der Waals surface area contributed by atoms with Gasteiger partial charge in [0.2, 0.25) is 5.91 Å². The summed E-state index contributed by atoms with van der Waals surface area (Å²) in [5.41, 5.74) is 8.11. The fourth-order valence-corrected chi connectivity index (χ4v) is 4.50. The van der Waals surface area contributed by atoms with Gasteiger partial charge < -0.3 is 41.3 Å². The Bertz CT molecular complexity index is 808. The zero-order valence-electron chi connectivity index (χ0n) is 16.9. The summed E-state index contributed by atoms with van der Waals surface area (Å²) < 4.78 is 9.86. The normalized spacial score (nSPS) is 23.1. The summed E-state index contributed by atoms with van der Waals surface area (Å²) in [5, 5.41) is 21.9. The molecule has 31 heavy (non-hydrogen) atoms. The van der Waals surface area contributed by atoms with Crippen LogP contribution in [-0.2, 0) is 28.7 Å². The maximum atomic E-state index is 12.8. The number of hydrogen-bond acceptors (Lipinski definition) is 10. The van der Waals surface area contributed by atoms with Crippen molar-refractivity contribution in [3.8, 4) is 0 Å². The molecule has 3 atom stereocenters. The van der Waals surface area contributed by atoms with Crippen molar-refractivity contribution in [2.75, 3.05) is 19.5 Å². The molecule has 15 heteroatoms. The van der Waals surface area contributed by atoms with Crippen LogP contribution in [0.3, 0.4) is 0 Å². The Hall–Kier alpha value is -1.84. The molecule has 1 saturated heterocycles. The predicted octanol–water partition coefficient (Wildman–Crippen LogP) is -5.95. The fraction of sp³-hybridized carbons (Fsp3) is 0.562. The number of rotatable bonds is 10. The van der Waals surface area contributed by atoms with E-state index in [1.165, 1.54) is 7.11 Å². The molecule has 0 aromatic carbocycles. The molecule has 0 spiro atoms. The molecular formula is C16H21N4NaO9S. The van der Waals surface area contributed by atoms with Gasteiger partial charge in [-0.3, -0.25) is 19.3 Å². The van der Waals surface area contributed by atoms with E-state index in [-0.39, 0.29) is 60.1 Å². The van der Waals surface area contributed by atoms with Crippen LogP contribution in [0, 0.1) is 0 Å². The molecule has 0 aromatic rings. The maximum Gasteiger partial charge on any atom is 1.00 e. The number of primary amides is 1. The molecule has 0 aromatic heterocycles. The number of methoxy groups -OCH3 is 1. The van der Waals surface area contributed by atoms with Crippen LogP contribution in [0.15, 0.2) is 11.3 Å². The molecule has 6 N–H and O–H groups in total. The summed E-state index contributed by atoms with van der Waals surface area (Å²) in [4.78, 5) is 59.0. The molecule has 2 aliphatic heterocycles. The average Bonchev–Trinajstić information content (AvgIpc) is 2.68. The number of aliphatic carboxylic acids is 2. The summed E-state index contributed by atoms with van der Waals surface area (Å²) in [6.45, 7) is -0.432. The van der Waals surface area contributed by atoms with Gasteiger partial charge >= 0.3 is 41.6 Å². The quantitative estimate of drug-likeness (QED) is 0.134. The van der Waals surface area contributed by atoms with Gasteiger partial charge in [-0.25, -0.2) is 4.79 Å². The summed E-state index contributed by atoms with van der Waals surface area (Å²) >= 11 is 1.09. The second-order valence-corrected chi connectivity index (χ2v) is 7.58. The number of β-lactam (4-membered cyclic amide) rings is 1. The molecule has 0 saturated carbocycles. The molecule has 3 amide bonds. The number of ether oxygens (including phenoxy) is 2. The molecule has 2 heterocycles. The van der Waals surface area contributed by atoms with Crippen LogP contribution in [0.2, 0.25) is 0 Å². The molecule has 13 nitrogen and oxygen atoms in total. The molecule has 0 aliphatic carbocycles. The number of nitrogens with zero attached hydrogens (tertiary/aromatic N) is 1. The maximum absolute atomic E-state index is 12.8. The standard InChI is InChI=1S/C16H22N4O9S.Na/c1-28-16(19-9(21)4-2-3-8(17)11(22)23)13(26)20-10(12(24)25)7(5-29-15(18)27)6-30-14(16)20;/h8,14H,2-6,17H2,1H3,(H2,18,27)(H,19,21)(H,22,23)(H,24,25);/q;+1/p-1/t8?,14-,16-;/m0./s1. The fourth-order valence-electron chi connectivity index (χ4n) is 3.08. The number of fused-ring (bicyclic) bond motifs is 1.